The molecule has 1 rings (SSSR count). The number of pyridine rings is 1. The molecule has 2 N–H and O–H groups in total. The summed E-state index contributed by atoms with van der Waals surface area (Å²) in [5.74, 6) is -2.86. The van der Waals surface area contributed by atoms with Crippen LogP contribution in [0.5, 0.6) is 11.6 Å². The molecule has 1 heterocycles. The third-order valence-electron chi connectivity index (χ3n) is 1.78. The molecule has 102 valence electrons. The Balaban J connectivity index is 3.43. The summed E-state index contributed by atoms with van der Waals surface area (Å²) < 4.78 is 76.4. The minimum atomic E-state index is -5.38. The smallest absolute Gasteiger partial charge is 0.506 e. The van der Waals surface area contributed by atoms with Gasteiger partial charge in [0.05, 0.1) is 12.8 Å². The Hall–Kier alpha value is -1.71. The highest BCUT2D eigenvalue weighted by molar-refractivity contribution is 5.44. The molecule has 0 radical (unpaired) electrons. The van der Waals surface area contributed by atoms with E-state index in [9.17, 15) is 26.3 Å². The second-order valence-electron chi connectivity index (χ2n) is 3.01. The molecular weight excluding hydrogens is 272 g/mol. The van der Waals surface area contributed by atoms with Crippen molar-refractivity contribution in [2.24, 2.45) is 0 Å². The van der Waals surface area contributed by atoms with Gasteiger partial charge in [-0.25, -0.2) is 4.98 Å². The molecule has 0 aromatic carbocycles. The molecule has 0 atom stereocenters. The van der Waals surface area contributed by atoms with Crippen molar-refractivity contribution in [2.75, 3.05) is 0 Å². The zero-order valence-corrected chi connectivity index (χ0v) is 8.30. The fourth-order valence-corrected chi connectivity index (χ4v) is 1.16. The standard InChI is InChI=1S/C8H5F6NO3/c9-7(10,11)5-3(2-16)4(17)1-15-6(5)18-8(12,13)14/h1,16-17H,2H2. The molecule has 0 aliphatic heterocycles. The van der Waals surface area contributed by atoms with E-state index in [1.54, 1.807) is 0 Å². The number of aromatic hydroxyl groups is 1. The fourth-order valence-electron chi connectivity index (χ4n) is 1.16. The number of alkyl halides is 6. The number of nitrogens with zero attached hydrogens (tertiary/aromatic N) is 1. The first-order valence-corrected chi connectivity index (χ1v) is 4.21. The van der Waals surface area contributed by atoms with Gasteiger partial charge < -0.3 is 14.9 Å². The van der Waals surface area contributed by atoms with Crippen molar-refractivity contribution in [1.29, 1.82) is 0 Å². The van der Waals surface area contributed by atoms with Crippen LogP contribution in [0.4, 0.5) is 26.3 Å². The maximum atomic E-state index is 12.5. The lowest BCUT2D eigenvalue weighted by molar-refractivity contribution is -0.278. The summed E-state index contributed by atoms with van der Waals surface area (Å²) >= 11 is 0. The number of aliphatic hydroxyl groups is 1. The van der Waals surface area contributed by atoms with Gasteiger partial charge in [0.15, 0.2) is 0 Å². The summed E-state index contributed by atoms with van der Waals surface area (Å²) in [4.78, 5) is 2.72. The van der Waals surface area contributed by atoms with E-state index in [0.717, 1.165) is 0 Å². The molecule has 0 bridgehead atoms. The highest BCUT2D eigenvalue weighted by Crippen LogP contribution is 2.42. The first kappa shape index (κ1) is 14.4. The molecule has 0 aliphatic rings. The lowest BCUT2D eigenvalue weighted by Gasteiger charge is -2.17. The van der Waals surface area contributed by atoms with Gasteiger partial charge in [0.1, 0.15) is 11.3 Å². The van der Waals surface area contributed by atoms with Crippen LogP contribution >= 0.6 is 0 Å². The Morgan fingerprint density at radius 1 is 1.17 bits per heavy atom. The van der Waals surface area contributed by atoms with Crippen LogP contribution in [0, 0.1) is 0 Å². The molecule has 1 aromatic rings. The molecule has 0 saturated carbocycles. The molecular formula is C8H5F6NO3. The van der Waals surface area contributed by atoms with Gasteiger partial charge in [-0.05, 0) is 0 Å². The lowest BCUT2D eigenvalue weighted by Crippen LogP contribution is -2.22. The van der Waals surface area contributed by atoms with Gasteiger partial charge >= 0.3 is 12.5 Å². The van der Waals surface area contributed by atoms with Gasteiger partial charge in [0.2, 0.25) is 5.88 Å². The van der Waals surface area contributed by atoms with E-state index in [2.05, 4.69) is 9.72 Å². The van der Waals surface area contributed by atoms with Crippen molar-refractivity contribution >= 4 is 0 Å². The maximum Gasteiger partial charge on any atom is 0.574 e. The third-order valence-corrected chi connectivity index (χ3v) is 1.78. The second-order valence-corrected chi connectivity index (χ2v) is 3.01. The summed E-state index contributed by atoms with van der Waals surface area (Å²) in [6.07, 6.45) is -10.3. The zero-order chi connectivity index (χ0) is 14.1. The number of aromatic nitrogens is 1. The van der Waals surface area contributed by atoms with Crippen molar-refractivity contribution in [3.05, 3.63) is 17.3 Å². The summed E-state index contributed by atoms with van der Waals surface area (Å²) in [7, 11) is 0. The summed E-state index contributed by atoms with van der Waals surface area (Å²) in [6, 6.07) is 0. The topological polar surface area (TPSA) is 62.6 Å². The largest absolute Gasteiger partial charge is 0.574 e. The molecule has 18 heavy (non-hydrogen) atoms. The summed E-state index contributed by atoms with van der Waals surface area (Å²) in [5.41, 5.74) is -3.11. The Morgan fingerprint density at radius 2 is 1.72 bits per heavy atom. The molecule has 0 amide bonds. The summed E-state index contributed by atoms with van der Waals surface area (Å²) in [5, 5.41) is 17.7. The van der Waals surface area contributed by atoms with Crippen molar-refractivity contribution in [3.8, 4) is 11.6 Å². The highest BCUT2D eigenvalue weighted by Gasteiger charge is 2.43. The van der Waals surface area contributed by atoms with E-state index in [0.29, 0.717) is 6.20 Å². The fraction of sp³-hybridized carbons (Fsp3) is 0.375. The minimum absolute atomic E-state index is 0.321. The number of ether oxygens (including phenoxy) is 1. The first-order chi connectivity index (χ1) is 8.06. The van der Waals surface area contributed by atoms with Crippen molar-refractivity contribution in [3.63, 3.8) is 0 Å². The Labute approximate surface area is 95.4 Å². The summed E-state index contributed by atoms with van der Waals surface area (Å²) in [6.45, 7) is -1.32. The lowest BCUT2D eigenvalue weighted by atomic mass is 10.1. The van der Waals surface area contributed by atoms with Crippen LogP contribution in [0.2, 0.25) is 0 Å². The number of aliphatic hydroxyl groups excluding tert-OH is 1. The average Bonchev–Trinajstić information content (AvgIpc) is 2.16. The quantitative estimate of drug-likeness (QED) is 0.813. The number of hydrogen-bond acceptors (Lipinski definition) is 4. The van der Waals surface area contributed by atoms with E-state index in [1.807, 2.05) is 0 Å². The molecule has 0 saturated heterocycles. The Bertz CT molecular complexity index is 442. The van der Waals surface area contributed by atoms with Gasteiger partial charge in [-0.1, -0.05) is 0 Å². The van der Waals surface area contributed by atoms with Gasteiger partial charge in [-0.15, -0.1) is 13.2 Å². The van der Waals surface area contributed by atoms with Gasteiger partial charge in [0.25, 0.3) is 0 Å². The van der Waals surface area contributed by atoms with Gasteiger partial charge in [-0.2, -0.15) is 13.2 Å². The normalized spacial score (nSPS) is 12.6. The predicted molar refractivity (Wildman–Crippen MR) is 43.5 cm³/mol. The van der Waals surface area contributed by atoms with Gasteiger partial charge in [-0.3, -0.25) is 0 Å². The molecule has 0 unspecified atom stereocenters. The van der Waals surface area contributed by atoms with Crippen LogP contribution in [0.3, 0.4) is 0 Å². The molecule has 1 aromatic heterocycles. The SMILES string of the molecule is OCc1c(O)cnc(OC(F)(F)F)c1C(F)(F)F. The number of rotatable bonds is 2. The van der Waals surface area contributed by atoms with Crippen LogP contribution < -0.4 is 4.74 Å². The van der Waals surface area contributed by atoms with Crippen LogP contribution in [-0.2, 0) is 12.8 Å². The number of hydrogen-bond donors (Lipinski definition) is 2. The van der Waals surface area contributed by atoms with Crippen molar-refractivity contribution in [1.82, 2.24) is 4.98 Å². The van der Waals surface area contributed by atoms with Crippen LogP contribution in [0.1, 0.15) is 11.1 Å². The maximum absolute atomic E-state index is 12.5. The molecule has 10 heteroatoms. The number of halogens is 6. The Morgan fingerprint density at radius 3 is 2.11 bits per heavy atom. The predicted octanol–water partition coefficient (Wildman–Crippen LogP) is 2.20. The van der Waals surface area contributed by atoms with E-state index in [-0.39, 0.29) is 0 Å². The third kappa shape index (κ3) is 3.15. The first-order valence-electron chi connectivity index (χ1n) is 4.21. The van der Waals surface area contributed by atoms with E-state index in [4.69, 9.17) is 10.2 Å². The molecule has 0 spiro atoms. The van der Waals surface area contributed by atoms with E-state index < -0.39 is 41.9 Å². The van der Waals surface area contributed by atoms with E-state index >= 15 is 0 Å². The Kier molecular flexibility index (Phi) is 3.60. The van der Waals surface area contributed by atoms with Crippen LogP contribution in [-0.4, -0.2) is 21.6 Å². The monoisotopic (exact) mass is 277 g/mol. The van der Waals surface area contributed by atoms with Crippen LogP contribution in [0.15, 0.2) is 6.20 Å². The second kappa shape index (κ2) is 4.52. The van der Waals surface area contributed by atoms with Gasteiger partial charge in [0, 0.05) is 5.56 Å². The van der Waals surface area contributed by atoms with Crippen LogP contribution in [0.25, 0.3) is 0 Å². The molecule has 0 aliphatic carbocycles. The average molecular weight is 277 g/mol. The van der Waals surface area contributed by atoms with E-state index in [1.165, 1.54) is 0 Å². The van der Waals surface area contributed by atoms with Crippen molar-refractivity contribution < 1.29 is 41.3 Å². The molecule has 4 nitrogen and oxygen atoms in total. The minimum Gasteiger partial charge on any atom is -0.506 e. The highest BCUT2D eigenvalue weighted by atomic mass is 19.4. The zero-order valence-electron chi connectivity index (χ0n) is 8.30. The molecule has 0 fully saturated rings. The van der Waals surface area contributed by atoms with Crippen molar-refractivity contribution in [2.45, 2.75) is 19.1 Å².